The summed E-state index contributed by atoms with van der Waals surface area (Å²) in [5, 5.41) is 3.03. The van der Waals surface area contributed by atoms with Crippen LogP contribution in [0, 0.1) is 6.92 Å². The molecule has 7 nitrogen and oxygen atoms in total. The highest BCUT2D eigenvalue weighted by molar-refractivity contribution is 9.10. The fourth-order valence-electron chi connectivity index (χ4n) is 4.17. The number of amides is 2. The number of aryl methyl sites for hydroxylation is 1. The van der Waals surface area contributed by atoms with Gasteiger partial charge in [-0.25, -0.2) is 8.42 Å². The van der Waals surface area contributed by atoms with E-state index >= 15 is 0 Å². The molecule has 2 atom stereocenters. The third-order valence-corrected chi connectivity index (χ3v) is 8.61. The molecular weight excluding hydrogens is 578 g/mol. The SMILES string of the molecule is CC[C@H](C)NC(=O)[C@H](Cc1ccccc1)N(Cc1ccccc1)C(=O)CN(c1ccc(Br)c(C)c1)S(C)(=O)=O. The summed E-state index contributed by atoms with van der Waals surface area (Å²) in [4.78, 5) is 29.2. The van der Waals surface area contributed by atoms with Crippen molar-refractivity contribution in [1.82, 2.24) is 10.2 Å². The van der Waals surface area contributed by atoms with Crippen LogP contribution in [-0.2, 0) is 32.6 Å². The molecule has 0 fully saturated rings. The third kappa shape index (κ3) is 8.66. The molecule has 0 saturated heterocycles. The summed E-state index contributed by atoms with van der Waals surface area (Å²) < 4.78 is 27.7. The number of rotatable bonds is 12. The molecule has 0 aliphatic carbocycles. The number of benzene rings is 3. The minimum atomic E-state index is -3.81. The Balaban J connectivity index is 2.05. The van der Waals surface area contributed by atoms with Crippen LogP contribution in [0.3, 0.4) is 0 Å². The molecule has 0 saturated carbocycles. The fourth-order valence-corrected chi connectivity index (χ4v) is 5.26. The van der Waals surface area contributed by atoms with Gasteiger partial charge in [-0.1, -0.05) is 83.5 Å². The van der Waals surface area contributed by atoms with E-state index in [0.717, 1.165) is 38.1 Å². The molecule has 2 amide bonds. The molecule has 0 aliphatic rings. The monoisotopic (exact) mass is 613 g/mol. The number of nitrogens with one attached hydrogen (secondary N) is 1. The van der Waals surface area contributed by atoms with Crippen molar-refractivity contribution >= 4 is 43.5 Å². The van der Waals surface area contributed by atoms with Crippen molar-refractivity contribution in [3.63, 3.8) is 0 Å². The summed E-state index contributed by atoms with van der Waals surface area (Å²) >= 11 is 3.44. The molecule has 0 aliphatic heterocycles. The van der Waals surface area contributed by atoms with E-state index in [1.54, 1.807) is 18.2 Å². The topological polar surface area (TPSA) is 86.8 Å². The van der Waals surface area contributed by atoms with Crippen LogP contribution in [0.1, 0.15) is 37.0 Å². The molecular formula is C30H36BrN3O4S. The second kappa shape index (κ2) is 13.8. The second-order valence-electron chi connectivity index (χ2n) is 9.73. The van der Waals surface area contributed by atoms with Crippen molar-refractivity contribution < 1.29 is 18.0 Å². The first-order chi connectivity index (χ1) is 18.5. The van der Waals surface area contributed by atoms with Crippen molar-refractivity contribution in [2.75, 3.05) is 17.1 Å². The van der Waals surface area contributed by atoms with Crippen molar-refractivity contribution in [2.24, 2.45) is 0 Å². The van der Waals surface area contributed by atoms with Crippen molar-refractivity contribution in [2.45, 2.75) is 52.2 Å². The number of carbonyl (C=O) groups excluding carboxylic acids is 2. The minimum Gasteiger partial charge on any atom is -0.352 e. The fraction of sp³-hybridized carbons (Fsp3) is 0.333. The standard InChI is InChI=1S/C30H36BrN3O4S/c1-5-23(3)32-30(36)28(19-24-12-8-6-9-13-24)33(20-25-14-10-7-11-15-25)29(35)21-34(39(4,37)38)26-16-17-27(31)22(2)18-26/h6-18,23,28H,5,19-21H2,1-4H3,(H,32,36)/t23-,28-/m0/s1. The Labute approximate surface area is 240 Å². The molecule has 39 heavy (non-hydrogen) atoms. The number of halogens is 1. The maximum atomic E-state index is 14.1. The summed E-state index contributed by atoms with van der Waals surface area (Å²) in [6.07, 6.45) is 2.11. The molecule has 3 aromatic rings. The van der Waals surface area contributed by atoms with Gasteiger partial charge in [-0.05, 0) is 55.2 Å². The Hall–Kier alpha value is -3.17. The van der Waals surface area contributed by atoms with E-state index in [1.807, 2.05) is 81.4 Å². The lowest BCUT2D eigenvalue weighted by Gasteiger charge is -2.34. The molecule has 208 valence electrons. The van der Waals surface area contributed by atoms with E-state index < -0.39 is 28.5 Å². The zero-order valence-electron chi connectivity index (χ0n) is 22.8. The number of anilines is 1. The first-order valence-corrected chi connectivity index (χ1v) is 15.5. The summed E-state index contributed by atoms with van der Waals surface area (Å²) in [6, 6.07) is 23.1. The van der Waals surface area contributed by atoms with Crippen LogP contribution in [-0.4, -0.2) is 50.0 Å². The highest BCUT2D eigenvalue weighted by atomic mass is 79.9. The number of hydrogen-bond donors (Lipinski definition) is 1. The van der Waals surface area contributed by atoms with E-state index in [-0.39, 0.29) is 24.9 Å². The van der Waals surface area contributed by atoms with E-state index in [0.29, 0.717) is 5.69 Å². The molecule has 0 unspecified atom stereocenters. The molecule has 0 radical (unpaired) electrons. The van der Waals surface area contributed by atoms with E-state index in [1.165, 1.54) is 4.90 Å². The Morgan fingerprint density at radius 2 is 1.54 bits per heavy atom. The molecule has 0 aromatic heterocycles. The van der Waals surface area contributed by atoms with E-state index in [2.05, 4.69) is 21.2 Å². The minimum absolute atomic E-state index is 0.0808. The van der Waals surface area contributed by atoms with E-state index in [4.69, 9.17) is 0 Å². The lowest BCUT2D eigenvalue weighted by atomic mass is 10.0. The Morgan fingerprint density at radius 3 is 2.08 bits per heavy atom. The summed E-state index contributed by atoms with van der Waals surface area (Å²) in [5.41, 5.74) is 2.96. The smallest absolute Gasteiger partial charge is 0.244 e. The molecule has 9 heteroatoms. The van der Waals surface area contributed by atoms with Crippen LogP contribution in [0.2, 0.25) is 0 Å². The van der Waals surface area contributed by atoms with Crippen LogP contribution >= 0.6 is 15.9 Å². The van der Waals surface area contributed by atoms with Crippen LogP contribution in [0.25, 0.3) is 0 Å². The lowest BCUT2D eigenvalue weighted by molar-refractivity contribution is -0.140. The predicted molar refractivity (Wildman–Crippen MR) is 160 cm³/mol. The van der Waals surface area contributed by atoms with Gasteiger partial charge in [0.2, 0.25) is 21.8 Å². The molecule has 3 aromatic carbocycles. The van der Waals surface area contributed by atoms with Gasteiger partial charge in [0.05, 0.1) is 11.9 Å². The zero-order chi connectivity index (χ0) is 28.6. The maximum Gasteiger partial charge on any atom is 0.244 e. The van der Waals surface area contributed by atoms with Crippen molar-refractivity contribution in [3.05, 3.63) is 100 Å². The highest BCUT2D eigenvalue weighted by Gasteiger charge is 2.33. The molecule has 1 N–H and O–H groups in total. The van der Waals surface area contributed by atoms with Gasteiger partial charge in [-0.15, -0.1) is 0 Å². The maximum absolute atomic E-state index is 14.1. The molecule has 0 bridgehead atoms. The average molecular weight is 615 g/mol. The van der Waals surface area contributed by atoms with Crippen LogP contribution in [0.4, 0.5) is 5.69 Å². The van der Waals surface area contributed by atoms with Crippen molar-refractivity contribution in [1.29, 1.82) is 0 Å². The Bertz CT molecular complexity index is 1370. The van der Waals surface area contributed by atoms with Crippen LogP contribution < -0.4 is 9.62 Å². The summed E-state index contributed by atoms with van der Waals surface area (Å²) in [6.45, 7) is 5.47. The largest absolute Gasteiger partial charge is 0.352 e. The summed E-state index contributed by atoms with van der Waals surface area (Å²) in [5.74, 6) is -0.743. The van der Waals surface area contributed by atoms with Gasteiger partial charge in [-0.2, -0.15) is 0 Å². The lowest BCUT2D eigenvalue weighted by Crippen LogP contribution is -2.54. The Kier molecular flexibility index (Phi) is 10.7. The first-order valence-electron chi connectivity index (χ1n) is 12.9. The number of nitrogens with zero attached hydrogens (tertiary/aromatic N) is 2. The van der Waals surface area contributed by atoms with Gasteiger partial charge in [0.25, 0.3) is 0 Å². The summed E-state index contributed by atoms with van der Waals surface area (Å²) in [7, 11) is -3.81. The van der Waals surface area contributed by atoms with Gasteiger partial charge < -0.3 is 10.2 Å². The molecule has 3 rings (SSSR count). The van der Waals surface area contributed by atoms with Crippen LogP contribution in [0.15, 0.2) is 83.3 Å². The predicted octanol–water partition coefficient (Wildman–Crippen LogP) is 5.08. The first kappa shape index (κ1) is 30.4. The van der Waals surface area contributed by atoms with Gasteiger partial charge in [-0.3, -0.25) is 13.9 Å². The third-order valence-electron chi connectivity index (χ3n) is 6.58. The normalized spacial score (nSPS) is 12.8. The van der Waals surface area contributed by atoms with Gasteiger partial charge >= 0.3 is 0 Å². The highest BCUT2D eigenvalue weighted by Crippen LogP contribution is 2.25. The molecule has 0 spiro atoms. The van der Waals surface area contributed by atoms with Crippen LogP contribution in [0.5, 0.6) is 0 Å². The van der Waals surface area contributed by atoms with E-state index in [9.17, 15) is 18.0 Å². The van der Waals surface area contributed by atoms with Crippen molar-refractivity contribution in [3.8, 4) is 0 Å². The van der Waals surface area contributed by atoms with Gasteiger partial charge in [0.15, 0.2) is 0 Å². The van der Waals surface area contributed by atoms with Gasteiger partial charge in [0, 0.05) is 23.5 Å². The van der Waals surface area contributed by atoms with Gasteiger partial charge in [0.1, 0.15) is 12.6 Å². The zero-order valence-corrected chi connectivity index (χ0v) is 25.2. The number of hydrogen-bond acceptors (Lipinski definition) is 4. The Morgan fingerprint density at radius 1 is 0.949 bits per heavy atom. The average Bonchev–Trinajstić information content (AvgIpc) is 2.91. The second-order valence-corrected chi connectivity index (χ2v) is 12.5. The molecule has 0 heterocycles. The quantitative estimate of drug-likeness (QED) is 0.309. The number of sulfonamides is 1. The number of carbonyl (C=O) groups is 2.